The zero-order valence-electron chi connectivity index (χ0n) is 16.4. The lowest BCUT2D eigenvalue weighted by molar-refractivity contribution is -0.140. The van der Waals surface area contributed by atoms with Crippen LogP contribution in [0.1, 0.15) is 18.1 Å². The van der Waals surface area contributed by atoms with Crippen LogP contribution >= 0.6 is 0 Å². The number of rotatable bonds is 7. The number of anilines is 1. The molecule has 0 amide bonds. The number of benzene rings is 2. The molecule has 3 rings (SSSR count). The highest BCUT2D eigenvalue weighted by Crippen LogP contribution is 2.19. The van der Waals surface area contributed by atoms with E-state index in [0.29, 0.717) is 13.2 Å². The van der Waals surface area contributed by atoms with E-state index in [1.807, 2.05) is 72.6 Å². The first-order valence-electron chi connectivity index (χ1n) is 9.21. The third-order valence-electron chi connectivity index (χ3n) is 4.22. The Hall–Kier alpha value is -3.67. The van der Waals surface area contributed by atoms with Crippen molar-refractivity contribution in [3.8, 4) is 0 Å². The lowest BCUT2D eigenvalue weighted by Crippen LogP contribution is -2.23. The van der Waals surface area contributed by atoms with Crippen molar-refractivity contribution in [2.24, 2.45) is 4.99 Å². The average Bonchev–Trinajstić information content (AvgIpc) is 3.06. The fourth-order valence-electron chi connectivity index (χ4n) is 2.67. The lowest BCUT2D eigenvalue weighted by atomic mass is 10.1. The van der Waals surface area contributed by atoms with Crippen LogP contribution in [-0.2, 0) is 19.1 Å². The molecule has 0 bridgehead atoms. The SMILES string of the molecule is CC(=O)OCCN(C)c1ccc(/C=C2N=C(/C=C/c3ccccc3)OC\2=O)cc1. The van der Waals surface area contributed by atoms with E-state index < -0.39 is 5.97 Å². The van der Waals surface area contributed by atoms with E-state index in [4.69, 9.17) is 9.47 Å². The molecule has 6 nitrogen and oxygen atoms in total. The van der Waals surface area contributed by atoms with Crippen LogP contribution in [0.2, 0.25) is 0 Å². The Kier molecular flexibility index (Phi) is 6.58. The Bertz CT molecular complexity index is 960. The van der Waals surface area contributed by atoms with Gasteiger partial charge in [0, 0.05) is 25.7 Å². The Morgan fingerprint density at radius 3 is 2.48 bits per heavy atom. The number of carbonyl (C=O) groups is 2. The van der Waals surface area contributed by atoms with Crippen LogP contribution in [-0.4, -0.2) is 38.0 Å². The molecule has 0 saturated carbocycles. The Morgan fingerprint density at radius 2 is 1.79 bits per heavy atom. The monoisotopic (exact) mass is 390 g/mol. The highest BCUT2D eigenvalue weighted by Gasteiger charge is 2.21. The summed E-state index contributed by atoms with van der Waals surface area (Å²) >= 11 is 0. The first kappa shape index (κ1) is 20.1. The molecule has 0 saturated heterocycles. The maximum atomic E-state index is 12.1. The summed E-state index contributed by atoms with van der Waals surface area (Å²) < 4.78 is 10.2. The molecule has 0 fully saturated rings. The molecule has 0 aliphatic carbocycles. The minimum Gasteiger partial charge on any atom is -0.464 e. The lowest BCUT2D eigenvalue weighted by Gasteiger charge is -2.19. The Balaban J connectivity index is 1.64. The quantitative estimate of drug-likeness (QED) is 0.533. The van der Waals surface area contributed by atoms with Crippen molar-refractivity contribution in [1.82, 2.24) is 0 Å². The van der Waals surface area contributed by atoms with Gasteiger partial charge in [0.1, 0.15) is 6.61 Å². The third kappa shape index (κ3) is 5.90. The molecule has 0 spiro atoms. The summed E-state index contributed by atoms with van der Waals surface area (Å²) in [6.07, 6.45) is 5.21. The minimum atomic E-state index is -0.472. The summed E-state index contributed by atoms with van der Waals surface area (Å²) in [6.45, 7) is 2.31. The highest BCUT2D eigenvalue weighted by molar-refractivity contribution is 6.11. The van der Waals surface area contributed by atoms with Crippen molar-refractivity contribution in [2.45, 2.75) is 6.92 Å². The van der Waals surface area contributed by atoms with E-state index in [1.54, 1.807) is 12.2 Å². The number of hydrogen-bond acceptors (Lipinski definition) is 6. The van der Waals surface area contributed by atoms with Crippen molar-refractivity contribution >= 4 is 35.7 Å². The molecule has 6 heteroatoms. The topological polar surface area (TPSA) is 68.2 Å². The molecule has 29 heavy (non-hydrogen) atoms. The molecule has 0 unspecified atom stereocenters. The van der Waals surface area contributed by atoms with E-state index in [0.717, 1.165) is 16.8 Å². The molecule has 1 aliphatic heterocycles. The van der Waals surface area contributed by atoms with Crippen molar-refractivity contribution in [1.29, 1.82) is 0 Å². The van der Waals surface area contributed by atoms with E-state index >= 15 is 0 Å². The fraction of sp³-hybridized carbons (Fsp3) is 0.174. The fourth-order valence-corrected chi connectivity index (χ4v) is 2.67. The van der Waals surface area contributed by atoms with Gasteiger partial charge < -0.3 is 14.4 Å². The Morgan fingerprint density at radius 1 is 1.07 bits per heavy atom. The van der Waals surface area contributed by atoms with Crippen molar-refractivity contribution < 1.29 is 19.1 Å². The summed E-state index contributed by atoms with van der Waals surface area (Å²) in [5, 5.41) is 0. The van der Waals surface area contributed by atoms with Crippen LogP contribution in [0.4, 0.5) is 5.69 Å². The molecule has 0 N–H and O–H groups in total. The molecule has 0 atom stereocenters. The maximum absolute atomic E-state index is 12.1. The van der Waals surface area contributed by atoms with E-state index in [9.17, 15) is 9.59 Å². The average molecular weight is 390 g/mol. The number of hydrogen-bond donors (Lipinski definition) is 0. The molecular weight excluding hydrogens is 368 g/mol. The molecule has 2 aromatic rings. The zero-order chi connectivity index (χ0) is 20.6. The van der Waals surface area contributed by atoms with Crippen LogP contribution in [0.3, 0.4) is 0 Å². The van der Waals surface area contributed by atoms with E-state index in [-0.39, 0.29) is 17.6 Å². The highest BCUT2D eigenvalue weighted by atomic mass is 16.6. The number of esters is 2. The van der Waals surface area contributed by atoms with Gasteiger partial charge in [-0.1, -0.05) is 42.5 Å². The van der Waals surface area contributed by atoms with E-state index in [2.05, 4.69) is 4.99 Å². The summed E-state index contributed by atoms with van der Waals surface area (Å²) in [5.74, 6) is -0.491. The van der Waals surface area contributed by atoms with Gasteiger partial charge in [0.05, 0.1) is 6.54 Å². The van der Waals surface area contributed by atoms with Crippen LogP contribution < -0.4 is 4.90 Å². The molecule has 1 aliphatic rings. The van der Waals surface area contributed by atoms with Gasteiger partial charge in [-0.05, 0) is 35.4 Å². The molecule has 2 aromatic carbocycles. The number of cyclic esters (lactones) is 1. The van der Waals surface area contributed by atoms with Gasteiger partial charge in [0.2, 0.25) is 5.90 Å². The van der Waals surface area contributed by atoms with Crippen LogP contribution in [0.25, 0.3) is 12.2 Å². The number of likely N-dealkylation sites (N-methyl/N-ethyl adjacent to an activating group) is 1. The van der Waals surface area contributed by atoms with Crippen molar-refractivity contribution in [3.63, 3.8) is 0 Å². The number of aliphatic imine (C=N–C) groups is 1. The minimum absolute atomic E-state index is 0.258. The summed E-state index contributed by atoms with van der Waals surface area (Å²) in [4.78, 5) is 29.1. The predicted octanol–water partition coefficient (Wildman–Crippen LogP) is 3.70. The summed E-state index contributed by atoms with van der Waals surface area (Å²) in [7, 11) is 1.92. The second-order valence-corrected chi connectivity index (χ2v) is 6.47. The van der Waals surface area contributed by atoms with Crippen LogP contribution in [0.15, 0.2) is 71.4 Å². The van der Waals surface area contributed by atoms with Gasteiger partial charge in [-0.3, -0.25) is 4.79 Å². The van der Waals surface area contributed by atoms with Gasteiger partial charge in [-0.15, -0.1) is 0 Å². The van der Waals surface area contributed by atoms with Gasteiger partial charge in [0.15, 0.2) is 5.70 Å². The number of carbonyl (C=O) groups excluding carboxylic acids is 2. The van der Waals surface area contributed by atoms with Gasteiger partial charge in [-0.2, -0.15) is 0 Å². The molecule has 0 aromatic heterocycles. The number of ether oxygens (including phenoxy) is 2. The van der Waals surface area contributed by atoms with Gasteiger partial charge in [-0.25, -0.2) is 9.79 Å². The van der Waals surface area contributed by atoms with E-state index in [1.165, 1.54) is 6.92 Å². The van der Waals surface area contributed by atoms with Crippen molar-refractivity contribution in [2.75, 3.05) is 25.1 Å². The largest absolute Gasteiger partial charge is 0.464 e. The van der Waals surface area contributed by atoms with Crippen LogP contribution in [0.5, 0.6) is 0 Å². The van der Waals surface area contributed by atoms with Gasteiger partial charge >= 0.3 is 11.9 Å². The Labute approximate surface area is 169 Å². The zero-order valence-corrected chi connectivity index (χ0v) is 16.4. The predicted molar refractivity (Wildman–Crippen MR) is 113 cm³/mol. The molecule has 1 heterocycles. The molecule has 148 valence electrons. The normalized spacial score (nSPS) is 14.8. The summed E-state index contributed by atoms with van der Waals surface area (Å²) in [6, 6.07) is 17.4. The maximum Gasteiger partial charge on any atom is 0.363 e. The first-order valence-corrected chi connectivity index (χ1v) is 9.21. The smallest absolute Gasteiger partial charge is 0.363 e. The second-order valence-electron chi connectivity index (χ2n) is 6.47. The second kappa shape index (κ2) is 9.50. The molecule has 0 radical (unpaired) electrons. The molecular formula is C23H22N2O4. The standard InChI is InChI=1S/C23H22N2O4/c1-17(26)28-15-14-25(2)20-11-8-19(9-12-20)16-21-23(27)29-22(24-21)13-10-18-6-4-3-5-7-18/h3-13,16H,14-15H2,1-2H3/b13-10+,21-16-. The summed E-state index contributed by atoms with van der Waals surface area (Å²) in [5.41, 5.74) is 3.07. The number of nitrogens with zero attached hydrogens (tertiary/aromatic N) is 2. The first-order chi connectivity index (χ1) is 14.0. The van der Waals surface area contributed by atoms with Crippen molar-refractivity contribution in [3.05, 3.63) is 77.5 Å². The third-order valence-corrected chi connectivity index (χ3v) is 4.22. The van der Waals surface area contributed by atoms with Gasteiger partial charge in [0.25, 0.3) is 0 Å². The van der Waals surface area contributed by atoms with Crippen LogP contribution in [0, 0.1) is 0 Å².